The Morgan fingerprint density at radius 3 is 2.91 bits per heavy atom. The zero-order valence-electron chi connectivity index (χ0n) is 6.09. The van der Waals surface area contributed by atoms with Gasteiger partial charge in [0.2, 0.25) is 12.3 Å². The van der Waals surface area contributed by atoms with E-state index in [1.54, 1.807) is 0 Å². The summed E-state index contributed by atoms with van der Waals surface area (Å²) in [6, 6.07) is 0. The van der Waals surface area contributed by atoms with Gasteiger partial charge in [-0.25, -0.2) is 0 Å². The molecule has 0 bridgehead atoms. The minimum absolute atomic E-state index is 0.356. The van der Waals surface area contributed by atoms with Crippen LogP contribution in [0.4, 0.5) is 0 Å². The fourth-order valence-corrected chi connectivity index (χ4v) is 1.10. The molecule has 0 aromatic carbocycles. The molecule has 62 valence electrons. The zero-order chi connectivity index (χ0) is 8.32. The second-order valence-corrected chi connectivity index (χ2v) is 2.67. The van der Waals surface area contributed by atoms with Gasteiger partial charge in [0.25, 0.3) is 0 Å². The molecule has 1 rings (SSSR count). The number of hydrogen-bond acceptors (Lipinski definition) is 4. The van der Waals surface area contributed by atoms with Gasteiger partial charge in [-0.1, -0.05) is 0 Å². The van der Waals surface area contributed by atoms with Crippen molar-refractivity contribution in [2.45, 2.75) is 12.0 Å². The first-order valence-electron chi connectivity index (χ1n) is 3.43. The Balaban J connectivity index is 2.55. The number of nitrogens with two attached hydrogens (primary N) is 1. The molecule has 0 saturated carbocycles. The van der Waals surface area contributed by atoms with E-state index < -0.39 is 11.4 Å². The quantitative estimate of drug-likeness (QED) is 0.403. The van der Waals surface area contributed by atoms with Crippen LogP contribution in [0.1, 0.15) is 6.42 Å². The Morgan fingerprint density at radius 2 is 2.45 bits per heavy atom. The highest BCUT2D eigenvalue weighted by atomic mass is 16.2. The molecule has 0 radical (unpaired) electrons. The van der Waals surface area contributed by atoms with Crippen LogP contribution in [0.5, 0.6) is 0 Å². The molecule has 1 fully saturated rings. The van der Waals surface area contributed by atoms with Crippen molar-refractivity contribution < 1.29 is 9.59 Å². The molecular weight excluding hydrogens is 146 g/mol. The maximum atomic E-state index is 11.1. The maximum absolute atomic E-state index is 11.1. The second-order valence-electron chi connectivity index (χ2n) is 2.67. The third-order valence-electron chi connectivity index (χ3n) is 1.83. The van der Waals surface area contributed by atoms with Crippen molar-refractivity contribution in [1.29, 1.82) is 0 Å². The minimum Gasteiger partial charge on any atom is -0.316 e. The summed E-state index contributed by atoms with van der Waals surface area (Å²) in [4.78, 5) is 21.0. The van der Waals surface area contributed by atoms with E-state index in [4.69, 9.17) is 5.73 Å². The van der Waals surface area contributed by atoms with Crippen LogP contribution in [0, 0.1) is 0 Å². The monoisotopic (exact) mass is 157 g/mol. The SMILES string of the molecule is NC1(C(=O)NC=O)CCNC1. The molecule has 1 saturated heterocycles. The second kappa shape index (κ2) is 2.98. The topological polar surface area (TPSA) is 84.2 Å². The summed E-state index contributed by atoms with van der Waals surface area (Å²) in [7, 11) is 0. The van der Waals surface area contributed by atoms with Crippen LogP contribution in [0.2, 0.25) is 0 Å². The molecule has 2 amide bonds. The smallest absolute Gasteiger partial charge is 0.247 e. The van der Waals surface area contributed by atoms with Crippen LogP contribution < -0.4 is 16.4 Å². The normalized spacial score (nSPS) is 29.9. The van der Waals surface area contributed by atoms with E-state index in [1.165, 1.54) is 0 Å². The molecule has 0 aromatic rings. The number of carbonyl (C=O) groups is 2. The average Bonchev–Trinajstić information content (AvgIpc) is 2.38. The van der Waals surface area contributed by atoms with Gasteiger partial charge >= 0.3 is 0 Å². The summed E-state index contributed by atoms with van der Waals surface area (Å²) in [6.45, 7) is 1.16. The van der Waals surface area contributed by atoms with E-state index in [-0.39, 0.29) is 0 Å². The summed E-state index contributed by atoms with van der Waals surface area (Å²) in [5, 5.41) is 4.99. The predicted molar refractivity (Wildman–Crippen MR) is 38.6 cm³/mol. The van der Waals surface area contributed by atoms with Crippen LogP contribution in [0.15, 0.2) is 0 Å². The lowest BCUT2D eigenvalue weighted by molar-refractivity contribution is -0.129. The number of imide groups is 1. The lowest BCUT2D eigenvalue weighted by atomic mass is 9.99. The van der Waals surface area contributed by atoms with Crippen LogP contribution in [-0.4, -0.2) is 30.9 Å². The van der Waals surface area contributed by atoms with Gasteiger partial charge in [-0.2, -0.15) is 0 Å². The lowest BCUT2D eigenvalue weighted by Crippen LogP contribution is -2.55. The number of carbonyl (C=O) groups excluding carboxylic acids is 2. The van der Waals surface area contributed by atoms with Crippen LogP contribution in [-0.2, 0) is 9.59 Å². The summed E-state index contributed by atoms with van der Waals surface area (Å²) in [5.41, 5.74) is 4.77. The molecule has 0 spiro atoms. The molecule has 1 aliphatic rings. The van der Waals surface area contributed by atoms with Crippen LogP contribution in [0.3, 0.4) is 0 Å². The van der Waals surface area contributed by atoms with Crippen LogP contribution in [0.25, 0.3) is 0 Å². The molecule has 1 aliphatic heterocycles. The summed E-state index contributed by atoms with van der Waals surface area (Å²) >= 11 is 0. The highest BCUT2D eigenvalue weighted by Gasteiger charge is 2.36. The minimum atomic E-state index is -0.888. The molecule has 1 unspecified atom stereocenters. The predicted octanol–water partition coefficient (Wildman–Crippen LogP) is -2.05. The Bertz CT molecular complexity index is 175. The molecular formula is C6H11N3O2. The fraction of sp³-hybridized carbons (Fsp3) is 0.667. The van der Waals surface area contributed by atoms with E-state index in [0.717, 1.165) is 6.54 Å². The third kappa shape index (κ3) is 1.55. The Kier molecular flexibility index (Phi) is 2.21. The molecule has 1 atom stereocenters. The number of rotatable bonds is 2. The maximum Gasteiger partial charge on any atom is 0.247 e. The van der Waals surface area contributed by atoms with Crippen molar-refractivity contribution in [2.75, 3.05) is 13.1 Å². The van der Waals surface area contributed by atoms with E-state index in [1.807, 2.05) is 5.32 Å². The van der Waals surface area contributed by atoms with Crippen LogP contribution >= 0.6 is 0 Å². The average molecular weight is 157 g/mol. The summed E-state index contributed by atoms with van der Waals surface area (Å²) in [5.74, 6) is -0.405. The highest BCUT2D eigenvalue weighted by Crippen LogP contribution is 2.09. The van der Waals surface area contributed by atoms with Gasteiger partial charge in [0, 0.05) is 6.54 Å². The lowest BCUT2D eigenvalue weighted by Gasteiger charge is -2.18. The molecule has 4 N–H and O–H groups in total. The Hall–Kier alpha value is -0.940. The van der Waals surface area contributed by atoms with Crippen molar-refractivity contribution in [3.63, 3.8) is 0 Å². The van der Waals surface area contributed by atoms with Crippen molar-refractivity contribution in [1.82, 2.24) is 10.6 Å². The molecule has 5 heteroatoms. The van der Waals surface area contributed by atoms with Gasteiger partial charge < -0.3 is 11.1 Å². The molecule has 0 aliphatic carbocycles. The Morgan fingerprint density at radius 1 is 1.73 bits per heavy atom. The molecule has 0 aromatic heterocycles. The summed E-state index contributed by atoms with van der Waals surface area (Å²) in [6.07, 6.45) is 0.932. The number of hydrogen-bond donors (Lipinski definition) is 3. The van der Waals surface area contributed by atoms with E-state index in [9.17, 15) is 9.59 Å². The van der Waals surface area contributed by atoms with Gasteiger partial charge in [-0.05, 0) is 13.0 Å². The number of nitrogens with one attached hydrogen (secondary N) is 2. The molecule has 5 nitrogen and oxygen atoms in total. The van der Waals surface area contributed by atoms with Gasteiger partial charge in [-0.15, -0.1) is 0 Å². The first kappa shape index (κ1) is 8.16. The van der Waals surface area contributed by atoms with E-state index in [2.05, 4.69) is 5.32 Å². The largest absolute Gasteiger partial charge is 0.316 e. The van der Waals surface area contributed by atoms with E-state index >= 15 is 0 Å². The third-order valence-corrected chi connectivity index (χ3v) is 1.83. The van der Waals surface area contributed by atoms with Crippen molar-refractivity contribution in [3.05, 3.63) is 0 Å². The first-order chi connectivity index (χ1) is 5.19. The zero-order valence-corrected chi connectivity index (χ0v) is 6.09. The summed E-state index contributed by atoms with van der Waals surface area (Å²) < 4.78 is 0. The first-order valence-corrected chi connectivity index (χ1v) is 3.43. The Labute approximate surface area is 64.3 Å². The number of amides is 2. The van der Waals surface area contributed by atoms with Gasteiger partial charge in [-0.3, -0.25) is 14.9 Å². The van der Waals surface area contributed by atoms with Gasteiger partial charge in [0.05, 0.1) is 0 Å². The van der Waals surface area contributed by atoms with Gasteiger partial charge in [0.15, 0.2) is 0 Å². The standard InChI is InChI=1S/C6H11N3O2/c7-6(1-2-8-3-6)5(11)9-4-10/h4,8H,1-3,7H2,(H,9,10,11). The van der Waals surface area contributed by atoms with Crippen molar-refractivity contribution >= 4 is 12.3 Å². The highest BCUT2D eigenvalue weighted by molar-refractivity contribution is 5.93. The van der Waals surface area contributed by atoms with Gasteiger partial charge in [0.1, 0.15) is 5.54 Å². The van der Waals surface area contributed by atoms with Crippen molar-refractivity contribution in [3.8, 4) is 0 Å². The van der Waals surface area contributed by atoms with Crippen molar-refractivity contribution in [2.24, 2.45) is 5.73 Å². The fourth-order valence-electron chi connectivity index (χ4n) is 1.10. The molecule has 1 heterocycles. The molecule has 11 heavy (non-hydrogen) atoms. The van der Waals surface area contributed by atoms with E-state index in [0.29, 0.717) is 19.4 Å².